The number of carbonyl (C=O) groups excluding carboxylic acids is 1. The monoisotopic (exact) mass is 446 g/mol. The van der Waals surface area contributed by atoms with E-state index >= 15 is 0 Å². The molecule has 0 N–H and O–H groups in total. The van der Waals surface area contributed by atoms with Gasteiger partial charge in [0.05, 0.1) is 19.9 Å². The van der Waals surface area contributed by atoms with Gasteiger partial charge in [0.25, 0.3) is 0 Å². The van der Waals surface area contributed by atoms with Crippen molar-refractivity contribution in [3.8, 4) is 22.8 Å². The van der Waals surface area contributed by atoms with Gasteiger partial charge < -0.3 is 18.9 Å². The van der Waals surface area contributed by atoms with Gasteiger partial charge in [-0.3, -0.25) is 4.79 Å². The van der Waals surface area contributed by atoms with Crippen LogP contribution in [0.15, 0.2) is 59.1 Å². The zero-order valence-electron chi connectivity index (χ0n) is 19.4. The van der Waals surface area contributed by atoms with Crippen LogP contribution in [-0.2, 0) is 11.2 Å². The van der Waals surface area contributed by atoms with E-state index in [1.807, 2.05) is 48.5 Å². The summed E-state index contributed by atoms with van der Waals surface area (Å²) in [6, 6.07) is 18.3. The Morgan fingerprint density at radius 3 is 2.61 bits per heavy atom. The molecule has 1 aliphatic heterocycles. The van der Waals surface area contributed by atoms with Crippen LogP contribution in [0.25, 0.3) is 11.3 Å². The number of fused-ring (bicyclic) bond motifs is 1. The molecule has 1 aromatic heterocycles. The molecule has 0 radical (unpaired) electrons. The fourth-order valence-electron chi connectivity index (χ4n) is 5.76. The van der Waals surface area contributed by atoms with Crippen molar-refractivity contribution < 1.29 is 18.8 Å². The molecule has 1 saturated carbocycles. The Morgan fingerprint density at radius 2 is 1.85 bits per heavy atom. The van der Waals surface area contributed by atoms with E-state index < -0.39 is 0 Å². The maximum Gasteiger partial charge on any atom is 0.223 e. The SMILES string of the molecule is COc1ccc(CCN2C(=O)CC3C2CC(C)[C@H]3c2cc(-c3ccccc3)on2)cc1OC. The lowest BCUT2D eigenvalue weighted by molar-refractivity contribution is -0.129. The minimum absolute atomic E-state index is 0.242. The van der Waals surface area contributed by atoms with Crippen molar-refractivity contribution >= 4 is 5.91 Å². The number of hydrogen-bond donors (Lipinski definition) is 0. The maximum atomic E-state index is 13.0. The molecular formula is C27H30N2O4. The number of aromatic nitrogens is 1. The second-order valence-corrected chi connectivity index (χ2v) is 9.18. The minimum atomic E-state index is 0.242. The van der Waals surface area contributed by atoms with E-state index in [1.165, 1.54) is 0 Å². The van der Waals surface area contributed by atoms with Gasteiger partial charge in [-0.2, -0.15) is 0 Å². The molecule has 6 heteroatoms. The van der Waals surface area contributed by atoms with Gasteiger partial charge in [0, 0.05) is 36.6 Å². The van der Waals surface area contributed by atoms with E-state index in [-0.39, 0.29) is 23.8 Å². The highest BCUT2D eigenvalue weighted by molar-refractivity contribution is 5.80. The number of nitrogens with zero attached hydrogens (tertiary/aromatic N) is 2. The van der Waals surface area contributed by atoms with Crippen LogP contribution in [0.3, 0.4) is 0 Å². The first-order valence-corrected chi connectivity index (χ1v) is 11.6. The van der Waals surface area contributed by atoms with Gasteiger partial charge in [-0.1, -0.05) is 48.5 Å². The molecule has 5 rings (SSSR count). The summed E-state index contributed by atoms with van der Waals surface area (Å²) in [5.41, 5.74) is 3.14. The Balaban J connectivity index is 1.30. The van der Waals surface area contributed by atoms with Crippen LogP contribution in [-0.4, -0.2) is 42.8 Å². The summed E-state index contributed by atoms with van der Waals surface area (Å²) in [6.45, 7) is 2.99. The van der Waals surface area contributed by atoms with Gasteiger partial charge in [-0.15, -0.1) is 0 Å². The smallest absolute Gasteiger partial charge is 0.223 e. The second-order valence-electron chi connectivity index (χ2n) is 9.18. The molecule has 172 valence electrons. The number of amides is 1. The molecule has 2 fully saturated rings. The molecule has 3 unspecified atom stereocenters. The number of likely N-dealkylation sites (tertiary alicyclic amines) is 1. The third-order valence-corrected chi connectivity index (χ3v) is 7.33. The zero-order valence-corrected chi connectivity index (χ0v) is 19.4. The summed E-state index contributed by atoms with van der Waals surface area (Å²) in [4.78, 5) is 15.1. The third-order valence-electron chi connectivity index (χ3n) is 7.33. The van der Waals surface area contributed by atoms with Crippen molar-refractivity contribution in [2.24, 2.45) is 11.8 Å². The molecule has 6 nitrogen and oxygen atoms in total. The molecule has 1 saturated heterocycles. The van der Waals surface area contributed by atoms with Crippen molar-refractivity contribution in [2.75, 3.05) is 20.8 Å². The van der Waals surface area contributed by atoms with Crippen molar-refractivity contribution in [3.63, 3.8) is 0 Å². The molecule has 0 spiro atoms. The predicted octanol–water partition coefficient (Wildman–Crippen LogP) is 4.94. The second kappa shape index (κ2) is 8.93. The van der Waals surface area contributed by atoms with Crippen LogP contribution in [0.5, 0.6) is 11.5 Å². The molecule has 4 atom stereocenters. The lowest BCUT2D eigenvalue weighted by Crippen LogP contribution is -2.35. The Bertz CT molecular complexity index is 1130. The van der Waals surface area contributed by atoms with E-state index in [2.05, 4.69) is 23.0 Å². The van der Waals surface area contributed by atoms with Gasteiger partial charge in [-0.05, 0) is 42.4 Å². The highest BCUT2D eigenvalue weighted by Gasteiger charge is 2.51. The fourth-order valence-corrected chi connectivity index (χ4v) is 5.76. The average molecular weight is 447 g/mol. The molecule has 2 aliphatic rings. The van der Waals surface area contributed by atoms with Crippen molar-refractivity contribution in [2.45, 2.75) is 38.1 Å². The van der Waals surface area contributed by atoms with Gasteiger partial charge in [0.2, 0.25) is 5.91 Å². The summed E-state index contributed by atoms with van der Waals surface area (Å²) >= 11 is 0. The van der Waals surface area contributed by atoms with Crippen molar-refractivity contribution in [1.82, 2.24) is 10.1 Å². The molecule has 0 bridgehead atoms. The lowest BCUT2D eigenvalue weighted by atomic mass is 9.85. The van der Waals surface area contributed by atoms with E-state index in [1.54, 1.807) is 14.2 Å². The number of rotatable bonds is 7. The molecule has 2 heterocycles. The standard InChI is InChI=1S/C27H30N2O4/c1-17-13-22-20(27(17)21-16-24(33-28-21)19-7-5-4-6-8-19)15-26(30)29(22)12-11-18-9-10-23(31-2)25(14-18)32-3/h4-10,14,16-17,20,22,27H,11-13,15H2,1-3H3/t17?,20?,22?,27-/m1/s1. The van der Waals surface area contributed by atoms with E-state index in [9.17, 15) is 4.79 Å². The average Bonchev–Trinajstić information content (AvgIpc) is 3.52. The highest BCUT2D eigenvalue weighted by atomic mass is 16.5. The van der Waals surface area contributed by atoms with Gasteiger partial charge >= 0.3 is 0 Å². The van der Waals surface area contributed by atoms with Crippen LogP contribution >= 0.6 is 0 Å². The Morgan fingerprint density at radius 1 is 1.06 bits per heavy atom. The first kappa shape index (κ1) is 21.6. The van der Waals surface area contributed by atoms with Crippen LogP contribution in [0.4, 0.5) is 0 Å². The Kier molecular flexibility index (Phi) is 5.83. The van der Waals surface area contributed by atoms with E-state index in [4.69, 9.17) is 14.0 Å². The minimum Gasteiger partial charge on any atom is -0.493 e. The predicted molar refractivity (Wildman–Crippen MR) is 125 cm³/mol. The molecule has 33 heavy (non-hydrogen) atoms. The summed E-state index contributed by atoms with van der Waals surface area (Å²) < 4.78 is 16.5. The van der Waals surface area contributed by atoms with E-state index in [0.717, 1.165) is 41.2 Å². The number of hydrogen-bond acceptors (Lipinski definition) is 5. The van der Waals surface area contributed by atoms with Crippen LogP contribution in [0.1, 0.15) is 36.9 Å². The largest absolute Gasteiger partial charge is 0.493 e. The van der Waals surface area contributed by atoms with Gasteiger partial charge in [-0.25, -0.2) is 0 Å². The van der Waals surface area contributed by atoms with E-state index in [0.29, 0.717) is 24.6 Å². The number of carbonyl (C=O) groups is 1. The number of benzene rings is 2. The number of ether oxygens (including phenoxy) is 2. The zero-order chi connectivity index (χ0) is 22.9. The molecule has 3 aromatic rings. The normalized spacial score (nSPS) is 24.2. The lowest BCUT2D eigenvalue weighted by Gasteiger charge is -2.24. The highest BCUT2D eigenvalue weighted by Crippen LogP contribution is 2.51. The summed E-state index contributed by atoms with van der Waals surface area (Å²) in [7, 11) is 3.28. The first-order valence-electron chi connectivity index (χ1n) is 11.6. The van der Waals surface area contributed by atoms with Gasteiger partial charge in [0.1, 0.15) is 0 Å². The van der Waals surface area contributed by atoms with Crippen LogP contribution < -0.4 is 9.47 Å². The fraction of sp³-hybridized carbons (Fsp3) is 0.407. The molecule has 1 aliphatic carbocycles. The number of methoxy groups -OCH3 is 2. The Hall–Kier alpha value is -3.28. The van der Waals surface area contributed by atoms with Gasteiger partial charge in [0.15, 0.2) is 17.3 Å². The Labute approximate surface area is 194 Å². The van der Waals surface area contributed by atoms with Crippen molar-refractivity contribution in [3.05, 3.63) is 65.9 Å². The van der Waals surface area contributed by atoms with Crippen LogP contribution in [0.2, 0.25) is 0 Å². The van der Waals surface area contributed by atoms with Crippen molar-refractivity contribution in [1.29, 1.82) is 0 Å². The third kappa shape index (κ3) is 3.99. The summed E-state index contributed by atoms with van der Waals surface area (Å²) in [6.07, 6.45) is 2.37. The molecule has 1 amide bonds. The maximum absolute atomic E-state index is 13.0. The molecular weight excluding hydrogens is 416 g/mol. The topological polar surface area (TPSA) is 64.8 Å². The quantitative estimate of drug-likeness (QED) is 0.514. The van der Waals surface area contributed by atoms with Crippen LogP contribution in [0, 0.1) is 11.8 Å². The first-order chi connectivity index (χ1) is 16.1. The summed E-state index contributed by atoms with van der Waals surface area (Å²) in [5.74, 6) is 3.44. The summed E-state index contributed by atoms with van der Waals surface area (Å²) in [5, 5.41) is 4.43. The molecule has 2 aromatic carbocycles.